The fraction of sp³-hybridized carbons (Fsp3) is 0.333. The Morgan fingerprint density at radius 2 is 1.50 bits per heavy atom. The molecule has 0 atom stereocenters. The molecule has 0 rings (SSSR count). The monoisotopic (exact) mass is 158 g/mol. The molecule has 0 aliphatic rings. The van der Waals surface area contributed by atoms with Gasteiger partial charge in [-0.1, -0.05) is 0 Å². The van der Waals surface area contributed by atoms with Crippen molar-refractivity contribution in [3.05, 3.63) is 0 Å². The molecule has 0 aromatic carbocycles. The summed E-state index contributed by atoms with van der Waals surface area (Å²) < 4.78 is 0. The first-order valence-electron chi connectivity index (χ1n) is 1.80. The zero-order valence-electron chi connectivity index (χ0n) is 5.36. The van der Waals surface area contributed by atoms with Gasteiger partial charge >= 0.3 is 35.5 Å². The SMILES string of the molecule is NCC(=O)O.O=C([O-])[O-].[Na+]. The molecule has 7 heteroatoms. The van der Waals surface area contributed by atoms with Crippen molar-refractivity contribution < 1.29 is 54.5 Å². The van der Waals surface area contributed by atoms with Gasteiger partial charge in [0.2, 0.25) is 0 Å². The van der Waals surface area contributed by atoms with Crippen LogP contribution in [0.3, 0.4) is 0 Å². The van der Waals surface area contributed by atoms with E-state index >= 15 is 0 Å². The molecule has 0 bridgehead atoms. The van der Waals surface area contributed by atoms with Gasteiger partial charge in [0.25, 0.3) is 0 Å². The zero-order valence-corrected chi connectivity index (χ0v) is 7.36. The van der Waals surface area contributed by atoms with E-state index in [1.807, 2.05) is 0 Å². The summed E-state index contributed by atoms with van der Waals surface area (Å²) in [7, 11) is 0. The van der Waals surface area contributed by atoms with Crippen LogP contribution in [0.4, 0.5) is 4.79 Å². The largest absolute Gasteiger partial charge is 1.00 e. The molecule has 0 aromatic rings. The Bertz CT molecular complexity index is 101. The summed E-state index contributed by atoms with van der Waals surface area (Å²) in [6.07, 6.45) is -2.33. The van der Waals surface area contributed by atoms with Crippen LogP contribution in [0.25, 0.3) is 0 Å². The first kappa shape index (κ1) is 16.4. The number of rotatable bonds is 1. The molecular formula is C3H5NNaO5-. The smallest absolute Gasteiger partial charge is 0.652 e. The Kier molecular flexibility index (Phi) is 18.8. The number of hydrogen-bond donors (Lipinski definition) is 2. The minimum absolute atomic E-state index is 0. The Hall–Kier alpha value is -0.300. The fourth-order valence-electron chi connectivity index (χ4n) is 0. The number of hydrogen-bond acceptors (Lipinski definition) is 5. The molecule has 0 unspecified atom stereocenters. The first-order chi connectivity index (χ1) is 4.00. The van der Waals surface area contributed by atoms with Gasteiger partial charge in [-0.15, -0.1) is 0 Å². The van der Waals surface area contributed by atoms with Gasteiger partial charge in [-0.05, 0) is 6.16 Å². The third kappa shape index (κ3) is 120. The van der Waals surface area contributed by atoms with Crippen molar-refractivity contribution in [3.63, 3.8) is 0 Å². The average Bonchev–Trinajstić information content (AvgIpc) is 1.65. The molecule has 0 fully saturated rings. The summed E-state index contributed by atoms with van der Waals surface area (Å²) >= 11 is 0. The van der Waals surface area contributed by atoms with Crippen molar-refractivity contribution in [2.75, 3.05) is 6.54 Å². The molecule has 0 aliphatic heterocycles. The second-order valence-electron chi connectivity index (χ2n) is 0.848. The van der Waals surface area contributed by atoms with E-state index in [1.165, 1.54) is 0 Å². The van der Waals surface area contributed by atoms with E-state index in [0.717, 1.165) is 0 Å². The van der Waals surface area contributed by atoms with Crippen LogP contribution in [0, 0.1) is 0 Å². The average molecular weight is 158 g/mol. The maximum Gasteiger partial charge on any atom is 1.00 e. The third-order valence-electron chi connectivity index (χ3n) is 0.175. The summed E-state index contributed by atoms with van der Waals surface area (Å²) in [5.41, 5.74) is 4.57. The molecule has 0 heterocycles. The molecule has 0 amide bonds. The van der Waals surface area contributed by atoms with Crippen LogP contribution >= 0.6 is 0 Å². The molecule has 10 heavy (non-hydrogen) atoms. The molecule has 0 saturated heterocycles. The van der Waals surface area contributed by atoms with E-state index in [9.17, 15) is 4.79 Å². The normalized spacial score (nSPS) is 6.10. The summed E-state index contributed by atoms with van der Waals surface area (Å²) in [6.45, 7) is -0.278. The second-order valence-corrected chi connectivity index (χ2v) is 0.848. The molecule has 54 valence electrons. The van der Waals surface area contributed by atoms with Crippen LogP contribution in [0.1, 0.15) is 0 Å². The van der Waals surface area contributed by atoms with Crippen molar-refractivity contribution in [3.8, 4) is 0 Å². The van der Waals surface area contributed by atoms with Crippen LogP contribution in [0.2, 0.25) is 0 Å². The van der Waals surface area contributed by atoms with Crippen molar-refractivity contribution in [1.82, 2.24) is 0 Å². The van der Waals surface area contributed by atoms with Gasteiger partial charge in [0, 0.05) is 0 Å². The van der Waals surface area contributed by atoms with Crippen molar-refractivity contribution in [2.24, 2.45) is 5.73 Å². The predicted molar refractivity (Wildman–Crippen MR) is 22.1 cm³/mol. The number of carbonyl (C=O) groups is 2. The third-order valence-corrected chi connectivity index (χ3v) is 0.175. The summed E-state index contributed by atoms with van der Waals surface area (Å²) in [5, 5.41) is 24.3. The van der Waals surface area contributed by atoms with Crippen molar-refractivity contribution in [2.45, 2.75) is 0 Å². The van der Waals surface area contributed by atoms with Gasteiger partial charge in [0.15, 0.2) is 0 Å². The number of nitrogens with two attached hydrogens (primary N) is 1. The van der Waals surface area contributed by atoms with Crippen LogP contribution in [0.15, 0.2) is 0 Å². The van der Waals surface area contributed by atoms with Gasteiger partial charge in [-0.25, -0.2) is 0 Å². The van der Waals surface area contributed by atoms with E-state index in [2.05, 4.69) is 5.73 Å². The maximum absolute atomic E-state index is 9.24. The molecule has 0 aromatic heterocycles. The summed E-state index contributed by atoms with van der Waals surface area (Å²) in [5.74, 6) is -0.968. The van der Waals surface area contributed by atoms with Gasteiger partial charge in [-0.2, -0.15) is 0 Å². The molecule has 0 spiro atoms. The van der Waals surface area contributed by atoms with Crippen molar-refractivity contribution in [1.29, 1.82) is 0 Å². The van der Waals surface area contributed by atoms with E-state index in [1.54, 1.807) is 0 Å². The molecule has 3 N–H and O–H groups in total. The van der Waals surface area contributed by atoms with Crippen LogP contribution < -0.4 is 45.5 Å². The Morgan fingerprint density at radius 1 is 1.40 bits per heavy atom. The standard InChI is InChI=1S/C2H5NO2.CH2O3.Na/c3-1-2(4)5;2-1(3)4;/h1,3H2,(H,4,5);(H2,2,3,4);/q;;+1/p-2. The van der Waals surface area contributed by atoms with Gasteiger partial charge in [0.05, 0.1) is 6.54 Å². The Labute approximate surface area is 78.9 Å². The van der Waals surface area contributed by atoms with Crippen molar-refractivity contribution >= 4 is 12.1 Å². The minimum atomic E-state index is -2.33. The molecule has 0 radical (unpaired) electrons. The first-order valence-corrected chi connectivity index (χ1v) is 1.80. The van der Waals surface area contributed by atoms with Gasteiger partial charge < -0.3 is 25.8 Å². The van der Waals surface area contributed by atoms with Gasteiger partial charge in [0.1, 0.15) is 0 Å². The zero-order chi connectivity index (χ0) is 7.86. The Balaban J connectivity index is -0.0000000910. The second kappa shape index (κ2) is 11.5. The fourth-order valence-corrected chi connectivity index (χ4v) is 0. The molecule has 0 saturated carbocycles. The van der Waals surface area contributed by atoms with Crippen LogP contribution in [0.5, 0.6) is 0 Å². The number of carboxylic acid groups (broad SMARTS) is 3. The quantitative estimate of drug-likeness (QED) is 0.365. The number of carbonyl (C=O) groups excluding carboxylic acids is 1. The summed E-state index contributed by atoms with van der Waals surface area (Å²) in [4.78, 5) is 17.6. The predicted octanol–water partition coefficient (Wildman–Crippen LogP) is -6.41. The molecule has 0 aliphatic carbocycles. The minimum Gasteiger partial charge on any atom is -0.652 e. The maximum atomic E-state index is 9.24. The van der Waals surface area contributed by atoms with Crippen LogP contribution in [-0.4, -0.2) is 23.8 Å². The van der Waals surface area contributed by atoms with Gasteiger partial charge in [-0.3, -0.25) is 4.79 Å². The van der Waals surface area contributed by atoms with E-state index in [-0.39, 0.29) is 36.1 Å². The van der Waals surface area contributed by atoms with Crippen LogP contribution in [-0.2, 0) is 4.79 Å². The number of aliphatic carboxylic acids is 1. The van der Waals surface area contributed by atoms with E-state index < -0.39 is 12.1 Å². The molecule has 6 nitrogen and oxygen atoms in total. The van der Waals surface area contributed by atoms with E-state index in [4.69, 9.17) is 20.1 Å². The Morgan fingerprint density at radius 3 is 1.50 bits per heavy atom. The van der Waals surface area contributed by atoms with E-state index in [0.29, 0.717) is 0 Å². The summed E-state index contributed by atoms with van der Waals surface area (Å²) in [6, 6.07) is 0. The molecular weight excluding hydrogens is 153 g/mol. The topological polar surface area (TPSA) is 127 Å². The number of carboxylic acids is 1.